The zero-order chi connectivity index (χ0) is 25.4. The molecule has 0 bridgehead atoms. The highest BCUT2D eigenvalue weighted by molar-refractivity contribution is 7.89. The number of sulfonamides is 1. The van der Waals surface area contributed by atoms with Gasteiger partial charge in [0.15, 0.2) is 0 Å². The predicted octanol–water partition coefficient (Wildman–Crippen LogP) is 5.43. The highest BCUT2D eigenvalue weighted by Gasteiger charge is 2.35. The lowest BCUT2D eigenvalue weighted by Crippen LogP contribution is -2.36. The maximum absolute atomic E-state index is 14.3. The Labute approximate surface area is 204 Å². The molecule has 1 amide bonds. The van der Waals surface area contributed by atoms with Crippen molar-refractivity contribution in [1.29, 1.82) is 0 Å². The van der Waals surface area contributed by atoms with Crippen LogP contribution in [0.2, 0.25) is 5.02 Å². The number of hydrogen-bond acceptors (Lipinski definition) is 3. The number of benzene rings is 3. The zero-order valence-electron chi connectivity index (χ0n) is 18.1. The molecule has 0 unspecified atom stereocenters. The van der Waals surface area contributed by atoms with E-state index in [0.717, 1.165) is 12.1 Å². The third-order valence-electron chi connectivity index (χ3n) is 5.70. The maximum Gasteiger partial charge on any atom is 0.419 e. The first-order valence-corrected chi connectivity index (χ1v) is 12.3. The van der Waals surface area contributed by atoms with Crippen molar-refractivity contribution in [3.05, 3.63) is 93.8 Å². The molecule has 1 N–H and O–H groups in total. The molecule has 35 heavy (non-hydrogen) atoms. The zero-order valence-corrected chi connectivity index (χ0v) is 19.6. The van der Waals surface area contributed by atoms with E-state index in [-0.39, 0.29) is 35.1 Å². The molecule has 1 aliphatic heterocycles. The van der Waals surface area contributed by atoms with Crippen LogP contribution >= 0.6 is 11.6 Å². The normalized spacial score (nSPS) is 14.4. The van der Waals surface area contributed by atoms with Gasteiger partial charge in [0.1, 0.15) is 5.82 Å². The summed E-state index contributed by atoms with van der Waals surface area (Å²) in [5.41, 5.74) is -0.370. The Hall–Kier alpha value is -2.95. The summed E-state index contributed by atoms with van der Waals surface area (Å²) in [6.07, 6.45) is -5.27. The number of hydrogen-bond donors (Lipinski definition) is 1. The Bertz CT molecular complexity index is 1380. The van der Waals surface area contributed by atoms with Crippen molar-refractivity contribution in [2.24, 2.45) is 0 Å². The Balaban J connectivity index is 1.56. The molecule has 184 valence electrons. The minimum Gasteiger partial charge on any atom is -0.324 e. The van der Waals surface area contributed by atoms with Crippen molar-refractivity contribution in [3.63, 3.8) is 0 Å². The van der Waals surface area contributed by atoms with Gasteiger partial charge in [-0.3, -0.25) is 4.79 Å². The standard InChI is InChI=1S/C24H19ClF4N2O3S/c25-20-10-9-16-14-31(35(33,34)17-6-2-1-3-7-17)12-11-18(16)23(20)30-21(32)13-15-5-4-8-19(22(15)26)24(27,28)29/h1-10H,11-14H2,(H,30,32). The van der Waals surface area contributed by atoms with Crippen LogP contribution in [-0.2, 0) is 40.4 Å². The number of fused-ring (bicyclic) bond motifs is 1. The SMILES string of the molecule is O=C(Cc1cccc(C(F)(F)F)c1F)Nc1c(Cl)ccc2c1CCN(S(=O)(=O)c1ccccc1)C2. The summed E-state index contributed by atoms with van der Waals surface area (Å²) in [4.78, 5) is 12.8. The smallest absolute Gasteiger partial charge is 0.324 e. The van der Waals surface area contributed by atoms with Crippen LogP contribution in [0.15, 0.2) is 65.6 Å². The largest absolute Gasteiger partial charge is 0.419 e. The van der Waals surface area contributed by atoms with Crippen molar-refractivity contribution in [2.45, 2.75) is 30.5 Å². The van der Waals surface area contributed by atoms with Crippen LogP contribution in [-0.4, -0.2) is 25.2 Å². The van der Waals surface area contributed by atoms with Crippen molar-refractivity contribution in [1.82, 2.24) is 4.31 Å². The molecule has 0 saturated carbocycles. The van der Waals surface area contributed by atoms with Crippen LogP contribution in [0.4, 0.5) is 23.2 Å². The van der Waals surface area contributed by atoms with Crippen LogP contribution < -0.4 is 5.32 Å². The van der Waals surface area contributed by atoms with E-state index < -0.39 is 45.5 Å². The number of rotatable bonds is 5. The van der Waals surface area contributed by atoms with E-state index in [4.69, 9.17) is 11.6 Å². The van der Waals surface area contributed by atoms with Crippen LogP contribution in [0.5, 0.6) is 0 Å². The van der Waals surface area contributed by atoms with Crippen molar-refractivity contribution >= 4 is 33.2 Å². The van der Waals surface area contributed by atoms with Gasteiger partial charge in [0.05, 0.1) is 27.6 Å². The topological polar surface area (TPSA) is 66.5 Å². The number of nitrogens with one attached hydrogen (secondary N) is 1. The lowest BCUT2D eigenvalue weighted by atomic mass is 9.98. The molecular weight excluding hydrogens is 508 g/mol. The minimum absolute atomic E-state index is 0.0505. The summed E-state index contributed by atoms with van der Waals surface area (Å²) >= 11 is 6.28. The molecule has 3 aromatic carbocycles. The lowest BCUT2D eigenvalue weighted by Gasteiger charge is -2.30. The number of amides is 1. The third kappa shape index (κ3) is 5.19. The third-order valence-corrected chi connectivity index (χ3v) is 7.87. The van der Waals surface area contributed by atoms with Crippen molar-refractivity contribution in [3.8, 4) is 0 Å². The van der Waals surface area contributed by atoms with Gasteiger partial charge in [-0.25, -0.2) is 12.8 Å². The second-order valence-corrected chi connectivity index (χ2v) is 10.3. The van der Waals surface area contributed by atoms with Gasteiger partial charge in [-0.2, -0.15) is 17.5 Å². The van der Waals surface area contributed by atoms with Crippen LogP contribution in [0.25, 0.3) is 0 Å². The molecule has 1 heterocycles. The summed E-state index contributed by atoms with van der Waals surface area (Å²) in [5, 5.41) is 2.75. The molecule has 0 radical (unpaired) electrons. The number of carbonyl (C=O) groups excluding carboxylic acids is 1. The molecular formula is C24H19ClF4N2O3S. The molecule has 3 aromatic rings. The van der Waals surface area contributed by atoms with Crippen LogP contribution in [0.1, 0.15) is 22.3 Å². The van der Waals surface area contributed by atoms with Crippen molar-refractivity contribution in [2.75, 3.05) is 11.9 Å². The second-order valence-electron chi connectivity index (χ2n) is 7.96. The van der Waals surface area contributed by atoms with Gasteiger partial charge in [-0.05, 0) is 47.4 Å². The predicted molar refractivity (Wildman–Crippen MR) is 123 cm³/mol. The molecule has 11 heteroatoms. The fourth-order valence-corrected chi connectivity index (χ4v) is 5.64. The van der Waals surface area contributed by atoms with Gasteiger partial charge in [0.2, 0.25) is 15.9 Å². The number of alkyl halides is 3. The quantitative estimate of drug-likeness (QED) is 0.451. The van der Waals surface area contributed by atoms with E-state index in [0.29, 0.717) is 17.2 Å². The van der Waals surface area contributed by atoms with Gasteiger partial charge < -0.3 is 5.32 Å². The van der Waals surface area contributed by atoms with Crippen molar-refractivity contribution < 1.29 is 30.8 Å². The first kappa shape index (κ1) is 25.2. The van der Waals surface area contributed by atoms with E-state index in [1.807, 2.05) is 0 Å². The monoisotopic (exact) mass is 526 g/mol. The minimum atomic E-state index is -4.88. The van der Waals surface area contributed by atoms with Gasteiger partial charge in [0.25, 0.3) is 0 Å². The van der Waals surface area contributed by atoms with Crippen LogP contribution in [0, 0.1) is 5.82 Å². The van der Waals surface area contributed by atoms with Gasteiger partial charge in [0, 0.05) is 13.1 Å². The highest BCUT2D eigenvalue weighted by Crippen LogP contribution is 2.35. The van der Waals surface area contributed by atoms with E-state index in [1.165, 1.54) is 22.5 Å². The fourth-order valence-electron chi connectivity index (χ4n) is 3.98. The molecule has 0 fully saturated rings. The first-order chi connectivity index (χ1) is 16.5. The highest BCUT2D eigenvalue weighted by atomic mass is 35.5. The average molecular weight is 527 g/mol. The fraction of sp³-hybridized carbons (Fsp3) is 0.208. The molecule has 0 aliphatic carbocycles. The van der Waals surface area contributed by atoms with Gasteiger partial charge >= 0.3 is 6.18 Å². The molecule has 1 aliphatic rings. The summed E-state index contributed by atoms with van der Waals surface area (Å²) in [6, 6.07) is 13.9. The van der Waals surface area contributed by atoms with Gasteiger partial charge in [-0.15, -0.1) is 0 Å². The lowest BCUT2D eigenvalue weighted by molar-refractivity contribution is -0.140. The van der Waals surface area contributed by atoms with Gasteiger partial charge in [-0.1, -0.05) is 48.0 Å². The molecule has 5 nitrogen and oxygen atoms in total. The Morgan fingerprint density at radius 1 is 1.03 bits per heavy atom. The van der Waals surface area contributed by atoms with E-state index >= 15 is 0 Å². The number of anilines is 1. The Morgan fingerprint density at radius 2 is 1.74 bits per heavy atom. The molecule has 4 rings (SSSR count). The summed E-state index contributed by atoms with van der Waals surface area (Å²) in [5.74, 6) is -2.25. The van der Waals surface area contributed by atoms with E-state index in [1.54, 1.807) is 24.3 Å². The summed E-state index contributed by atoms with van der Waals surface area (Å²) in [7, 11) is -3.73. The Morgan fingerprint density at radius 3 is 2.43 bits per heavy atom. The molecule has 0 spiro atoms. The number of halogens is 5. The maximum atomic E-state index is 14.3. The molecule has 0 aromatic heterocycles. The molecule has 0 saturated heterocycles. The number of nitrogens with zero attached hydrogens (tertiary/aromatic N) is 1. The first-order valence-electron chi connectivity index (χ1n) is 10.5. The number of carbonyl (C=O) groups is 1. The summed E-state index contributed by atoms with van der Waals surface area (Å²) in [6.45, 7) is 0.185. The van der Waals surface area contributed by atoms with E-state index in [2.05, 4.69) is 5.32 Å². The molecule has 0 atom stereocenters. The Kier molecular flexibility index (Phi) is 6.90. The van der Waals surface area contributed by atoms with Crippen LogP contribution in [0.3, 0.4) is 0 Å². The average Bonchev–Trinajstić information content (AvgIpc) is 2.81. The second kappa shape index (κ2) is 9.60. The summed E-state index contributed by atoms with van der Waals surface area (Å²) < 4.78 is 80.5. The van der Waals surface area contributed by atoms with E-state index in [9.17, 15) is 30.8 Å².